The zero-order valence-electron chi connectivity index (χ0n) is 29.4. The summed E-state index contributed by atoms with van der Waals surface area (Å²) < 4.78 is 7.06. The van der Waals surface area contributed by atoms with Crippen LogP contribution in [0.4, 0.5) is 0 Å². The normalized spacial score (nSPS) is 26.7. The van der Waals surface area contributed by atoms with Gasteiger partial charge in [0.25, 0.3) is 0 Å². The summed E-state index contributed by atoms with van der Waals surface area (Å²) in [7, 11) is 0. The zero-order chi connectivity index (χ0) is 34.4. The number of hydrogen-bond donors (Lipinski definition) is 1. The molecular weight excluding hydrogens is 610 g/mol. The Morgan fingerprint density at radius 1 is 1.00 bits per heavy atom. The minimum Gasteiger partial charge on any atom is -0.456 e. The number of ketones is 1. The summed E-state index contributed by atoms with van der Waals surface area (Å²) in [5.74, 6) is 0.557. The molecule has 4 rings (SSSR count). The summed E-state index contributed by atoms with van der Waals surface area (Å²) in [4.78, 5) is 25.3. The van der Waals surface area contributed by atoms with E-state index in [4.69, 9.17) is 16.3 Å². The first-order valence-electron chi connectivity index (χ1n) is 17.2. The highest BCUT2D eigenvalue weighted by molar-refractivity contribution is 6.30. The number of carbonyl (C=O) groups is 2. The van der Waals surface area contributed by atoms with Crippen LogP contribution in [0.3, 0.4) is 0 Å². The van der Waals surface area contributed by atoms with Crippen LogP contribution < -0.4 is 0 Å². The summed E-state index contributed by atoms with van der Waals surface area (Å²) >= 11 is 5.95. The number of hydrogen-bond acceptors (Lipinski definition) is 6. The van der Waals surface area contributed by atoms with E-state index >= 15 is 0 Å². The van der Waals surface area contributed by atoms with E-state index in [0.717, 1.165) is 63.5 Å². The van der Waals surface area contributed by atoms with Crippen LogP contribution in [0, 0.1) is 22.7 Å². The van der Waals surface area contributed by atoms with Crippen LogP contribution in [0.5, 0.6) is 0 Å². The third-order valence-electron chi connectivity index (χ3n) is 11.0. The maximum absolute atomic E-state index is 12.8. The van der Waals surface area contributed by atoms with E-state index in [1.165, 1.54) is 11.1 Å². The Kier molecular flexibility index (Phi) is 12.1. The molecule has 0 saturated heterocycles. The molecule has 0 aliphatic heterocycles. The number of benzene rings is 1. The molecule has 2 saturated carbocycles. The van der Waals surface area contributed by atoms with Crippen LogP contribution in [-0.2, 0) is 20.9 Å². The third-order valence-corrected chi connectivity index (χ3v) is 11.3. The molecule has 256 valence electrons. The van der Waals surface area contributed by atoms with Crippen molar-refractivity contribution in [2.45, 2.75) is 125 Å². The second-order valence-corrected chi connectivity index (χ2v) is 15.4. The second-order valence-electron chi connectivity index (χ2n) is 15.0. The number of allylic oxidation sites excluding steroid dienone is 5. The first-order chi connectivity index (χ1) is 22.1. The van der Waals surface area contributed by atoms with E-state index in [2.05, 4.69) is 57.1 Å². The van der Waals surface area contributed by atoms with Crippen molar-refractivity contribution in [3.05, 3.63) is 76.1 Å². The summed E-state index contributed by atoms with van der Waals surface area (Å²) in [6, 6.07) is 7.25. The molecule has 7 nitrogen and oxygen atoms in total. The lowest BCUT2D eigenvalue weighted by molar-refractivity contribution is -0.177. The molecule has 0 unspecified atom stereocenters. The summed E-state index contributed by atoms with van der Waals surface area (Å²) in [6.45, 7) is 14.8. The fourth-order valence-electron chi connectivity index (χ4n) is 8.15. The number of ether oxygens (including phenoxy) is 1. The summed E-state index contributed by atoms with van der Waals surface area (Å²) in [5, 5.41) is 20.3. The lowest BCUT2D eigenvalue weighted by atomic mass is 9.45. The predicted octanol–water partition coefficient (Wildman–Crippen LogP) is 9.32. The molecule has 0 amide bonds. The van der Waals surface area contributed by atoms with Crippen molar-refractivity contribution in [1.82, 2.24) is 15.0 Å². The number of nitrogens with zero attached hydrogens (tertiary/aromatic N) is 3. The van der Waals surface area contributed by atoms with Crippen LogP contribution in [-0.4, -0.2) is 37.5 Å². The van der Waals surface area contributed by atoms with Crippen LogP contribution in [0.15, 0.2) is 65.4 Å². The lowest BCUT2D eigenvalue weighted by Crippen LogP contribution is -2.59. The summed E-state index contributed by atoms with van der Waals surface area (Å²) in [5.41, 5.74) is 3.65. The number of esters is 1. The standard InChI is InChI=1S/C39H54ClN3O4/c1-27(13-9-15-29(3)36(45)47-26-31-25-43(42-41-31)32-19-17-30(40)18-20-32)11-8-12-28(2)14-10-16-34-38(6)23-22-35(44)37(4,5)33(38)21-24-39(34,7)46/h11,14-15,17-20,25,33-34,46H,8-10,12-13,16,21-24,26H2,1-7H3/b27-11+,28-14+,29-15+/t33-,34-,38+,39-/m1/s1. The highest BCUT2D eigenvalue weighted by Crippen LogP contribution is 2.62. The smallest absolute Gasteiger partial charge is 0.333 e. The van der Waals surface area contributed by atoms with Crippen molar-refractivity contribution in [2.75, 3.05) is 0 Å². The number of aliphatic hydroxyl groups is 1. The Morgan fingerprint density at radius 3 is 2.32 bits per heavy atom. The molecule has 1 heterocycles. The number of fused-ring (bicyclic) bond motifs is 1. The molecule has 0 bridgehead atoms. The van der Waals surface area contributed by atoms with Gasteiger partial charge < -0.3 is 9.84 Å². The molecule has 1 aromatic carbocycles. The molecule has 2 aliphatic rings. The first kappa shape index (κ1) is 36.8. The van der Waals surface area contributed by atoms with Crippen molar-refractivity contribution in [3.8, 4) is 5.69 Å². The first-order valence-corrected chi connectivity index (χ1v) is 17.6. The Balaban J connectivity index is 1.18. The van der Waals surface area contributed by atoms with Crippen LogP contribution in [0.2, 0.25) is 5.02 Å². The van der Waals surface area contributed by atoms with Crippen molar-refractivity contribution in [1.29, 1.82) is 0 Å². The number of carbonyl (C=O) groups excluding carboxylic acids is 2. The molecule has 2 aliphatic carbocycles. The van der Waals surface area contributed by atoms with Crippen molar-refractivity contribution in [2.24, 2.45) is 22.7 Å². The van der Waals surface area contributed by atoms with Gasteiger partial charge >= 0.3 is 5.97 Å². The van der Waals surface area contributed by atoms with E-state index < -0.39 is 5.60 Å². The van der Waals surface area contributed by atoms with E-state index in [-0.39, 0.29) is 29.3 Å². The van der Waals surface area contributed by atoms with Crippen molar-refractivity contribution in [3.63, 3.8) is 0 Å². The minimum absolute atomic E-state index is 0.00961. The van der Waals surface area contributed by atoms with Crippen LogP contribution in [0.1, 0.15) is 118 Å². The molecule has 1 aromatic heterocycles. The molecule has 0 spiro atoms. The molecule has 8 heteroatoms. The minimum atomic E-state index is -0.688. The van der Waals surface area contributed by atoms with Gasteiger partial charge in [0.05, 0.1) is 17.5 Å². The molecule has 47 heavy (non-hydrogen) atoms. The molecule has 4 atom stereocenters. The molecule has 2 aromatic rings. The van der Waals surface area contributed by atoms with Gasteiger partial charge in [0.2, 0.25) is 0 Å². The summed E-state index contributed by atoms with van der Waals surface area (Å²) in [6.07, 6.45) is 17.1. The largest absolute Gasteiger partial charge is 0.456 e. The Labute approximate surface area is 286 Å². The molecule has 1 N–H and O–H groups in total. The third kappa shape index (κ3) is 9.11. The van der Waals surface area contributed by atoms with Crippen molar-refractivity contribution >= 4 is 23.4 Å². The van der Waals surface area contributed by atoms with Gasteiger partial charge in [-0.2, -0.15) is 0 Å². The van der Waals surface area contributed by atoms with Gasteiger partial charge in [-0.15, -0.1) is 5.10 Å². The highest BCUT2D eigenvalue weighted by Gasteiger charge is 2.59. The number of rotatable bonds is 13. The van der Waals surface area contributed by atoms with E-state index in [1.807, 2.05) is 25.1 Å². The van der Waals surface area contributed by atoms with Gasteiger partial charge in [-0.05, 0) is 127 Å². The predicted molar refractivity (Wildman–Crippen MR) is 188 cm³/mol. The number of halogens is 1. The SMILES string of the molecule is C/C(=C\CC/C(C)=C/CC[C@@H]1[C@@]2(C)CCC(=O)C(C)(C)[C@H]2CC[C@@]1(C)O)CC/C=C(\C)C(=O)OCc1cn(-c2ccc(Cl)cc2)nn1. The average Bonchev–Trinajstić information content (AvgIpc) is 3.48. The highest BCUT2D eigenvalue weighted by atomic mass is 35.5. The van der Waals surface area contributed by atoms with Gasteiger partial charge in [-0.25, -0.2) is 9.48 Å². The Hall–Kier alpha value is -3.03. The Bertz CT molecular complexity index is 1500. The van der Waals surface area contributed by atoms with Crippen LogP contribution in [0.25, 0.3) is 5.69 Å². The average molecular weight is 664 g/mol. The quantitative estimate of drug-likeness (QED) is 0.130. The Morgan fingerprint density at radius 2 is 1.64 bits per heavy atom. The molecule has 0 radical (unpaired) electrons. The van der Waals surface area contributed by atoms with Gasteiger partial charge in [-0.1, -0.05) is 67.0 Å². The number of aromatic nitrogens is 3. The van der Waals surface area contributed by atoms with Gasteiger partial charge in [0.15, 0.2) is 0 Å². The van der Waals surface area contributed by atoms with Crippen molar-refractivity contribution < 1.29 is 19.4 Å². The van der Waals surface area contributed by atoms with E-state index in [9.17, 15) is 14.7 Å². The monoisotopic (exact) mass is 663 g/mol. The van der Waals surface area contributed by atoms with E-state index in [1.54, 1.807) is 29.9 Å². The maximum Gasteiger partial charge on any atom is 0.333 e. The second kappa shape index (κ2) is 15.5. The van der Waals surface area contributed by atoms with Gasteiger partial charge in [-0.3, -0.25) is 4.79 Å². The lowest BCUT2D eigenvalue weighted by Gasteiger charge is -2.60. The fraction of sp³-hybridized carbons (Fsp3) is 0.590. The van der Waals surface area contributed by atoms with E-state index in [0.29, 0.717) is 34.4 Å². The fourth-order valence-corrected chi connectivity index (χ4v) is 8.28. The molecular formula is C39H54ClN3O4. The maximum atomic E-state index is 12.8. The molecule has 2 fully saturated rings. The zero-order valence-corrected chi connectivity index (χ0v) is 30.2. The van der Waals surface area contributed by atoms with Gasteiger partial charge in [0.1, 0.15) is 18.1 Å². The van der Waals surface area contributed by atoms with Crippen LogP contribution >= 0.6 is 11.6 Å². The van der Waals surface area contributed by atoms with Gasteiger partial charge in [0, 0.05) is 22.4 Å². The topological polar surface area (TPSA) is 94.3 Å². The number of Topliss-reactive ketones (excluding diaryl/α,β-unsaturated/α-hetero) is 1.